The number of aryl methyl sites for hydroxylation is 1. The van der Waals surface area contributed by atoms with E-state index in [1.807, 2.05) is 6.92 Å². The third-order valence-electron chi connectivity index (χ3n) is 1.69. The van der Waals surface area contributed by atoms with Gasteiger partial charge >= 0.3 is 0 Å². The van der Waals surface area contributed by atoms with E-state index in [4.69, 9.17) is 4.42 Å². The lowest BCUT2D eigenvalue weighted by Crippen LogP contribution is -1.90. The molecule has 2 rings (SSSR count). The summed E-state index contributed by atoms with van der Waals surface area (Å²) in [4.78, 5) is 3.93. The summed E-state index contributed by atoms with van der Waals surface area (Å²) in [6.45, 7) is 1.81. The summed E-state index contributed by atoms with van der Waals surface area (Å²) in [5, 5.41) is 9.30. The largest absolute Gasteiger partial charge is 0.463 e. The highest BCUT2D eigenvalue weighted by Crippen LogP contribution is 2.21. The maximum absolute atomic E-state index is 9.30. The summed E-state index contributed by atoms with van der Waals surface area (Å²) in [6.07, 6.45) is 2.90. The molecule has 0 unspecified atom stereocenters. The third kappa shape index (κ3) is 0.887. The molecule has 2 aromatic heterocycles. The van der Waals surface area contributed by atoms with Crippen LogP contribution in [0.3, 0.4) is 0 Å². The van der Waals surface area contributed by atoms with Crippen molar-refractivity contribution in [1.82, 2.24) is 9.71 Å². The highest BCUT2D eigenvalue weighted by atomic mass is 16.5. The predicted octanol–water partition coefficient (Wildman–Crippen LogP) is 1.69. The number of furan rings is 1. The molecule has 0 aliphatic carbocycles. The Morgan fingerprint density at radius 3 is 2.92 bits per heavy atom. The summed E-state index contributed by atoms with van der Waals surface area (Å²) >= 11 is 0. The maximum atomic E-state index is 9.30. The summed E-state index contributed by atoms with van der Waals surface area (Å²) in [5.74, 6) is 0.618. The SMILES string of the molecule is Cc1ncn(O)c1-c1ccco1. The van der Waals surface area contributed by atoms with Gasteiger partial charge < -0.3 is 9.62 Å². The first-order valence-electron chi connectivity index (χ1n) is 3.56. The molecule has 0 bridgehead atoms. The first-order valence-corrected chi connectivity index (χ1v) is 3.56. The van der Waals surface area contributed by atoms with Gasteiger partial charge in [-0.15, -0.1) is 0 Å². The van der Waals surface area contributed by atoms with Crippen molar-refractivity contribution in [1.29, 1.82) is 0 Å². The smallest absolute Gasteiger partial charge is 0.155 e. The van der Waals surface area contributed by atoms with Crippen LogP contribution in [0.15, 0.2) is 29.1 Å². The van der Waals surface area contributed by atoms with E-state index in [0.29, 0.717) is 11.5 Å². The number of aromatic nitrogens is 2. The van der Waals surface area contributed by atoms with E-state index in [0.717, 1.165) is 10.4 Å². The van der Waals surface area contributed by atoms with Crippen molar-refractivity contribution in [3.8, 4) is 11.5 Å². The summed E-state index contributed by atoms with van der Waals surface area (Å²) in [7, 11) is 0. The Morgan fingerprint density at radius 2 is 2.42 bits per heavy atom. The monoisotopic (exact) mass is 164 g/mol. The molecule has 62 valence electrons. The Morgan fingerprint density at radius 1 is 1.58 bits per heavy atom. The van der Waals surface area contributed by atoms with E-state index in [1.165, 1.54) is 6.33 Å². The fourth-order valence-electron chi connectivity index (χ4n) is 1.13. The quantitative estimate of drug-likeness (QED) is 0.652. The van der Waals surface area contributed by atoms with Crippen LogP contribution in [0, 0.1) is 6.92 Å². The van der Waals surface area contributed by atoms with E-state index in [2.05, 4.69) is 4.98 Å². The molecule has 0 saturated carbocycles. The molecule has 0 aliphatic rings. The predicted molar refractivity (Wildman–Crippen MR) is 41.9 cm³/mol. The van der Waals surface area contributed by atoms with Gasteiger partial charge in [0.25, 0.3) is 0 Å². The molecular formula is C8H8N2O2. The molecule has 4 heteroatoms. The van der Waals surface area contributed by atoms with Crippen LogP contribution >= 0.6 is 0 Å². The summed E-state index contributed by atoms with van der Waals surface area (Å²) in [5.41, 5.74) is 1.34. The van der Waals surface area contributed by atoms with Gasteiger partial charge in [-0.05, 0) is 19.1 Å². The average Bonchev–Trinajstić information content (AvgIpc) is 2.61. The average molecular weight is 164 g/mol. The molecule has 0 atom stereocenters. The molecule has 4 nitrogen and oxygen atoms in total. The van der Waals surface area contributed by atoms with Crippen molar-refractivity contribution in [2.45, 2.75) is 6.92 Å². The van der Waals surface area contributed by atoms with Crippen LogP contribution in [-0.2, 0) is 0 Å². The normalized spacial score (nSPS) is 10.4. The molecule has 1 N–H and O–H groups in total. The van der Waals surface area contributed by atoms with Gasteiger partial charge in [0, 0.05) is 0 Å². The minimum Gasteiger partial charge on any atom is -0.463 e. The summed E-state index contributed by atoms with van der Waals surface area (Å²) < 4.78 is 6.07. The van der Waals surface area contributed by atoms with Crippen molar-refractivity contribution >= 4 is 0 Å². The lowest BCUT2D eigenvalue weighted by molar-refractivity contribution is 0.189. The number of hydrogen-bond donors (Lipinski definition) is 1. The molecule has 2 aromatic rings. The van der Waals surface area contributed by atoms with Crippen LogP contribution in [0.4, 0.5) is 0 Å². The van der Waals surface area contributed by atoms with Crippen LogP contribution < -0.4 is 0 Å². The molecule has 12 heavy (non-hydrogen) atoms. The van der Waals surface area contributed by atoms with E-state index in [1.54, 1.807) is 18.4 Å². The first kappa shape index (κ1) is 6.97. The zero-order chi connectivity index (χ0) is 8.55. The minimum atomic E-state index is 0.597. The van der Waals surface area contributed by atoms with Crippen molar-refractivity contribution in [3.63, 3.8) is 0 Å². The molecule has 0 aromatic carbocycles. The Labute approximate surface area is 69.0 Å². The van der Waals surface area contributed by atoms with Crippen molar-refractivity contribution in [2.24, 2.45) is 0 Å². The van der Waals surface area contributed by atoms with Crippen LogP contribution in [-0.4, -0.2) is 14.9 Å². The van der Waals surface area contributed by atoms with Crippen LogP contribution in [0.1, 0.15) is 5.69 Å². The number of hydrogen-bond acceptors (Lipinski definition) is 3. The van der Waals surface area contributed by atoms with Gasteiger partial charge in [0.1, 0.15) is 12.0 Å². The Hall–Kier alpha value is -1.71. The van der Waals surface area contributed by atoms with Gasteiger partial charge in [-0.1, -0.05) is 0 Å². The minimum absolute atomic E-state index is 0.597. The molecule has 0 saturated heterocycles. The fourth-order valence-corrected chi connectivity index (χ4v) is 1.13. The standard InChI is InChI=1S/C8H8N2O2/c1-6-8(10(11)5-9-6)7-3-2-4-12-7/h2-5,11H,1H3. The molecule has 0 spiro atoms. The van der Waals surface area contributed by atoms with Gasteiger partial charge in [-0.2, -0.15) is 4.73 Å². The zero-order valence-corrected chi connectivity index (χ0v) is 6.56. The fraction of sp³-hybridized carbons (Fsp3) is 0.125. The molecule has 0 radical (unpaired) electrons. The van der Waals surface area contributed by atoms with E-state index in [9.17, 15) is 5.21 Å². The third-order valence-corrected chi connectivity index (χ3v) is 1.69. The van der Waals surface area contributed by atoms with Crippen molar-refractivity contribution < 1.29 is 9.62 Å². The van der Waals surface area contributed by atoms with Crippen molar-refractivity contribution in [2.75, 3.05) is 0 Å². The lowest BCUT2D eigenvalue weighted by Gasteiger charge is -1.96. The Kier molecular flexibility index (Phi) is 1.40. The highest BCUT2D eigenvalue weighted by Gasteiger charge is 2.10. The Bertz CT molecular complexity index is 356. The second kappa shape index (κ2) is 2.41. The molecule has 2 heterocycles. The molecular weight excluding hydrogens is 156 g/mol. The van der Waals surface area contributed by atoms with Gasteiger partial charge in [0.2, 0.25) is 0 Å². The summed E-state index contributed by atoms with van der Waals surface area (Å²) in [6, 6.07) is 3.54. The van der Waals surface area contributed by atoms with Crippen LogP contribution in [0.2, 0.25) is 0 Å². The highest BCUT2D eigenvalue weighted by molar-refractivity contribution is 5.54. The van der Waals surface area contributed by atoms with Gasteiger partial charge in [-0.25, -0.2) is 4.98 Å². The first-order chi connectivity index (χ1) is 5.79. The van der Waals surface area contributed by atoms with Gasteiger partial charge in [-0.3, -0.25) is 0 Å². The topological polar surface area (TPSA) is 51.2 Å². The lowest BCUT2D eigenvalue weighted by atomic mass is 10.3. The second-order valence-corrected chi connectivity index (χ2v) is 2.50. The molecule has 0 aliphatic heterocycles. The zero-order valence-electron chi connectivity index (χ0n) is 6.56. The van der Waals surface area contributed by atoms with E-state index in [-0.39, 0.29) is 0 Å². The number of nitrogens with zero attached hydrogens (tertiary/aromatic N) is 2. The van der Waals surface area contributed by atoms with Crippen LogP contribution in [0.25, 0.3) is 11.5 Å². The number of rotatable bonds is 1. The van der Waals surface area contributed by atoms with Crippen LogP contribution in [0.5, 0.6) is 0 Å². The van der Waals surface area contributed by atoms with Gasteiger partial charge in [0.05, 0.1) is 12.0 Å². The van der Waals surface area contributed by atoms with E-state index < -0.39 is 0 Å². The van der Waals surface area contributed by atoms with Gasteiger partial charge in [0.15, 0.2) is 5.76 Å². The Balaban J connectivity index is 2.60. The van der Waals surface area contributed by atoms with Crippen molar-refractivity contribution in [3.05, 3.63) is 30.4 Å². The number of imidazole rings is 1. The molecule has 0 fully saturated rings. The second-order valence-electron chi connectivity index (χ2n) is 2.50. The van der Waals surface area contributed by atoms with E-state index >= 15 is 0 Å². The maximum Gasteiger partial charge on any atom is 0.155 e. The molecule has 0 amide bonds.